The molecule has 0 aliphatic carbocycles. The van der Waals surface area contributed by atoms with Gasteiger partial charge in [-0.05, 0) is 49.4 Å². The summed E-state index contributed by atoms with van der Waals surface area (Å²) in [7, 11) is -0.317. The second-order valence-corrected chi connectivity index (χ2v) is 7.89. The number of hydrogen-bond acceptors (Lipinski definition) is 6. The van der Waals surface area contributed by atoms with Gasteiger partial charge < -0.3 is 4.74 Å². The quantitative estimate of drug-likeness (QED) is 0.471. The molecule has 1 unspecified atom stereocenters. The second-order valence-electron chi connectivity index (χ2n) is 6.68. The molecule has 2 aromatic heterocycles. The molecule has 0 bridgehead atoms. The summed E-state index contributed by atoms with van der Waals surface area (Å²) in [6, 6.07) is 9.77. The molecule has 0 aliphatic rings. The van der Waals surface area contributed by atoms with Crippen LogP contribution in [0, 0.1) is 6.92 Å². The van der Waals surface area contributed by atoms with Crippen LogP contribution in [0.2, 0.25) is 0 Å². The number of benzene rings is 2. The van der Waals surface area contributed by atoms with Crippen molar-refractivity contribution in [3.05, 3.63) is 66.4 Å². The van der Waals surface area contributed by atoms with Crippen LogP contribution in [0.3, 0.4) is 0 Å². The van der Waals surface area contributed by atoms with Crippen LogP contribution < -0.4 is 9.46 Å². The largest absolute Gasteiger partial charge is 0.496 e. The number of aryl methyl sites for hydroxylation is 1. The van der Waals surface area contributed by atoms with Crippen molar-refractivity contribution in [2.24, 2.45) is 0 Å². The molecule has 0 spiro atoms. The monoisotopic (exact) mass is 459 g/mol. The summed E-state index contributed by atoms with van der Waals surface area (Å²) in [5.41, 5.74) is 0.481. The number of nitrogens with zero attached hydrogens (tertiary/aromatic N) is 4. The van der Waals surface area contributed by atoms with Gasteiger partial charge in [-0.25, -0.2) is 24.1 Å². The van der Waals surface area contributed by atoms with Crippen LogP contribution in [0.5, 0.6) is 5.75 Å². The number of methoxy groups -OCH3 is 1. The lowest BCUT2D eigenvalue weighted by atomic mass is 10.0. The highest BCUT2D eigenvalue weighted by Gasteiger charge is 2.31. The average molecular weight is 459 g/mol. The maximum atomic E-state index is 13.1. The van der Waals surface area contributed by atoms with E-state index in [9.17, 15) is 17.4 Å². The van der Waals surface area contributed by atoms with E-state index in [1.165, 1.54) is 25.7 Å². The molecule has 4 rings (SSSR count). The minimum atomic E-state index is -4.49. The molecule has 164 valence electrons. The summed E-state index contributed by atoms with van der Waals surface area (Å²) in [6.07, 6.45) is -1.64. The van der Waals surface area contributed by atoms with Crippen molar-refractivity contribution in [3.63, 3.8) is 0 Å². The molecule has 0 saturated carbocycles. The molecule has 0 aliphatic heterocycles. The van der Waals surface area contributed by atoms with Gasteiger partial charge in [-0.1, -0.05) is 0 Å². The number of alkyl halides is 3. The van der Waals surface area contributed by atoms with Gasteiger partial charge in [-0.15, -0.1) is 0 Å². The Kier molecular flexibility index (Phi) is 5.74. The third kappa shape index (κ3) is 4.37. The number of hydrogen-bond donors (Lipinski definition) is 1. The van der Waals surface area contributed by atoms with Gasteiger partial charge in [0, 0.05) is 17.1 Å². The van der Waals surface area contributed by atoms with E-state index in [4.69, 9.17) is 4.74 Å². The highest BCUT2D eigenvalue weighted by molar-refractivity contribution is 7.86. The fourth-order valence-electron chi connectivity index (χ4n) is 3.11. The van der Waals surface area contributed by atoms with E-state index in [1.807, 2.05) is 0 Å². The van der Waals surface area contributed by atoms with Crippen LogP contribution in [0.4, 0.5) is 19.0 Å². The van der Waals surface area contributed by atoms with Gasteiger partial charge in [-0.3, -0.25) is 4.72 Å². The Labute approximate surface area is 183 Å². The van der Waals surface area contributed by atoms with Crippen molar-refractivity contribution < 1.29 is 22.1 Å². The molecule has 0 fully saturated rings. The summed E-state index contributed by atoms with van der Waals surface area (Å²) in [5.74, 6) is 0.839. The topological polar surface area (TPSA) is 89.9 Å². The Hall–Kier alpha value is -3.60. The molecule has 1 N–H and O–H groups in total. The standard InChI is InChI=1S/C21H16F3N5O2S/c1-12-27-17-10-14(32(30)29-19-7-8-25-11-26-19)4-6-15(17)20(28-12)16-5-3-13(21(22,23)24)9-18(16)31-2/h3-11H,1-2H3,(H,25,26,29). The number of nitrogens with one attached hydrogen (secondary N) is 1. The zero-order valence-electron chi connectivity index (χ0n) is 16.8. The Morgan fingerprint density at radius 2 is 1.88 bits per heavy atom. The van der Waals surface area contributed by atoms with Crippen molar-refractivity contribution in [1.82, 2.24) is 19.9 Å². The molecule has 1 atom stereocenters. The number of fused-ring (bicyclic) bond motifs is 1. The van der Waals surface area contributed by atoms with Gasteiger partial charge >= 0.3 is 6.18 Å². The van der Waals surface area contributed by atoms with Crippen molar-refractivity contribution in [2.45, 2.75) is 18.0 Å². The van der Waals surface area contributed by atoms with Crippen molar-refractivity contribution in [3.8, 4) is 17.0 Å². The molecule has 0 saturated heterocycles. The maximum absolute atomic E-state index is 13.1. The van der Waals surface area contributed by atoms with Crippen LogP contribution in [0.15, 0.2) is 59.9 Å². The summed E-state index contributed by atoms with van der Waals surface area (Å²) >= 11 is 0. The van der Waals surface area contributed by atoms with Gasteiger partial charge in [-0.2, -0.15) is 13.2 Å². The minimum absolute atomic E-state index is 0.0392. The fraction of sp³-hybridized carbons (Fsp3) is 0.143. The molecule has 7 nitrogen and oxygen atoms in total. The van der Waals surface area contributed by atoms with Crippen LogP contribution in [0.1, 0.15) is 11.4 Å². The molecule has 0 radical (unpaired) electrons. The van der Waals surface area contributed by atoms with E-state index >= 15 is 0 Å². The average Bonchev–Trinajstić information content (AvgIpc) is 2.77. The smallest absolute Gasteiger partial charge is 0.416 e. The number of anilines is 1. The minimum Gasteiger partial charge on any atom is -0.496 e. The van der Waals surface area contributed by atoms with Gasteiger partial charge in [0.1, 0.15) is 23.7 Å². The normalized spacial score (nSPS) is 12.5. The van der Waals surface area contributed by atoms with Crippen molar-refractivity contribution in [1.29, 1.82) is 0 Å². The van der Waals surface area contributed by atoms with Crippen LogP contribution >= 0.6 is 0 Å². The van der Waals surface area contributed by atoms with E-state index in [2.05, 4.69) is 24.7 Å². The first kappa shape index (κ1) is 21.6. The Balaban J connectivity index is 1.78. The van der Waals surface area contributed by atoms with Gasteiger partial charge in [0.2, 0.25) is 0 Å². The Morgan fingerprint density at radius 3 is 2.56 bits per heavy atom. The van der Waals surface area contributed by atoms with E-state index in [1.54, 1.807) is 31.2 Å². The lowest BCUT2D eigenvalue weighted by molar-refractivity contribution is -0.137. The van der Waals surface area contributed by atoms with Crippen LogP contribution in [-0.2, 0) is 17.2 Å². The molecule has 11 heteroatoms. The molecule has 2 heterocycles. The number of aromatic nitrogens is 4. The van der Waals surface area contributed by atoms with Crippen molar-refractivity contribution >= 4 is 27.7 Å². The third-order valence-corrected chi connectivity index (χ3v) is 5.63. The number of halogens is 3. The van der Waals surface area contributed by atoms with Gasteiger partial charge in [0.15, 0.2) is 11.0 Å². The summed E-state index contributed by atoms with van der Waals surface area (Å²) in [6.45, 7) is 1.67. The number of ether oxygens (including phenoxy) is 1. The summed E-state index contributed by atoms with van der Waals surface area (Å²) < 4.78 is 60.0. The first-order chi connectivity index (χ1) is 15.3. The van der Waals surface area contributed by atoms with E-state index in [0.29, 0.717) is 38.7 Å². The predicted molar refractivity (Wildman–Crippen MR) is 113 cm³/mol. The molecule has 0 amide bonds. The van der Waals surface area contributed by atoms with Crippen LogP contribution in [-0.4, -0.2) is 31.3 Å². The van der Waals surface area contributed by atoms with Gasteiger partial charge in [0.05, 0.1) is 28.8 Å². The molecule has 2 aromatic carbocycles. The molecular formula is C21H16F3N5O2S. The van der Waals surface area contributed by atoms with Crippen molar-refractivity contribution in [2.75, 3.05) is 11.8 Å². The summed E-state index contributed by atoms with van der Waals surface area (Å²) in [5, 5.41) is 0.580. The highest BCUT2D eigenvalue weighted by Crippen LogP contribution is 2.38. The van der Waals surface area contributed by atoms with Gasteiger partial charge in [0.25, 0.3) is 0 Å². The second kappa shape index (κ2) is 8.50. The SMILES string of the molecule is COc1cc(C(F)(F)F)ccc1-c1nc(C)nc2cc(S(=O)Nc3ccncn3)ccc12. The van der Waals surface area contributed by atoms with Crippen LogP contribution in [0.25, 0.3) is 22.2 Å². The van der Waals surface area contributed by atoms with E-state index in [-0.39, 0.29) is 5.75 Å². The molecule has 32 heavy (non-hydrogen) atoms. The molecule has 4 aromatic rings. The third-order valence-electron chi connectivity index (χ3n) is 4.56. The highest BCUT2D eigenvalue weighted by atomic mass is 32.2. The number of rotatable bonds is 5. The zero-order valence-corrected chi connectivity index (χ0v) is 17.7. The Bertz CT molecular complexity index is 1320. The van der Waals surface area contributed by atoms with E-state index < -0.39 is 22.7 Å². The lowest BCUT2D eigenvalue weighted by Crippen LogP contribution is -2.07. The predicted octanol–water partition coefficient (Wildman–Crippen LogP) is 4.56. The fourth-order valence-corrected chi connectivity index (χ4v) is 3.95. The summed E-state index contributed by atoms with van der Waals surface area (Å²) in [4.78, 5) is 17.1. The molecular weight excluding hydrogens is 443 g/mol. The lowest BCUT2D eigenvalue weighted by Gasteiger charge is -2.14. The first-order valence-corrected chi connectivity index (χ1v) is 10.4. The maximum Gasteiger partial charge on any atom is 0.416 e. The van der Waals surface area contributed by atoms with E-state index in [0.717, 1.165) is 12.1 Å². The first-order valence-electron chi connectivity index (χ1n) is 9.24. The zero-order chi connectivity index (χ0) is 22.9. The Morgan fingerprint density at radius 1 is 1.06 bits per heavy atom.